The van der Waals surface area contributed by atoms with Crippen LogP contribution in [0, 0.1) is 0 Å². The lowest BCUT2D eigenvalue weighted by Gasteiger charge is -2.27. The van der Waals surface area contributed by atoms with Gasteiger partial charge in [-0.25, -0.2) is 4.98 Å². The van der Waals surface area contributed by atoms with Crippen LogP contribution in [0.3, 0.4) is 0 Å². The van der Waals surface area contributed by atoms with Crippen molar-refractivity contribution in [2.75, 3.05) is 32.1 Å². The van der Waals surface area contributed by atoms with Gasteiger partial charge in [-0.15, -0.1) is 0 Å². The zero-order chi connectivity index (χ0) is 17.6. The van der Waals surface area contributed by atoms with Crippen molar-refractivity contribution in [2.24, 2.45) is 0 Å². The molecule has 1 N–H and O–H groups in total. The van der Waals surface area contributed by atoms with Crippen LogP contribution < -0.4 is 10.2 Å². The number of hydrogen-bond donors (Lipinski definition) is 1. The summed E-state index contributed by atoms with van der Waals surface area (Å²) in [6.45, 7) is 2.43. The molecule has 1 saturated heterocycles. The molecule has 5 nitrogen and oxygen atoms in total. The second-order valence-corrected chi connectivity index (χ2v) is 6.65. The van der Waals surface area contributed by atoms with E-state index in [9.17, 15) is 4.79 Å². The maximum Gasteiger partial charge on any atom is 0.242 e. The third kappa shape index (κ3) is 4.17. The van der Waals surface area contributed by atoms with E-state index in [0.717, 1.165) is 42.9 Å². The van der Waals surface area contributed by atoms with Gasteiger partial charge in [0.25, 0.3) is 0 Å². The number of nitrogens with one attached hydrogen (secondary N) is 1. The molecule has 5 heteroatoms. The zero-order valence-corrected chi connectivity index (χ0v) is 15.0. The van der Waals surface area contributed by atoms with E-state index in [2.05, 4.69) is 15.2 Å². The summed E-state index contributed by atoms with van der Waals surface area (Å²) in [7, 11) is 3.93. The van der Waals surface area contributed by atoms with E-state index in [-0.39, 0.29) is 11.9 Å². The number of hydrogen-bond acceptors (Lipinski definition) is 4. The molecule has 0 radical (unpaired) electrons. The maximum atomic E-state index is 13.0. The lowest BCUT2D eigenvalue weighted by Crippen LogP contribution is -2.39. The predicted molar refractivity (Wildman–Crippen MR) is 100 cm³/mol. The Labute approximate surface area is 149 Å². The first-order valence-corrected chi connectivity index (χ1v) is 8.85. The minimum absolute atomic E-state index is 0.0571. The molecule has 2 aromatic rings. The molecule has 1 atom stereocenters. The van der Waals surface area contributed by atoms with E-state index < -0.39 is 0 Å². The molecule has 1 aromatic carbocycles. The van der Waals surface area contributed by atoms with Crippen LogP contribution in [0.15, 0.2) is 48.7 Å². The molecule has 1 aliphatic heterocycles. The van der Waals surface area contributed by atoms with Crippen molar-refractivity contribution in [3.05, 3.63) is 59.8 Å². The van der Waals surface area contributed by atoms with Gasteiger partial charge in [0.1, 0.15) is 11.9 Å². The van der Waals surface area contributed by atoms with Gasteiger partial charge in [0.05, 0.1) is 0 Å². The third-order valence-corrected chi connectivity index (χ3v) is 4.61. The summed E-state index contributed by atoms with van der Waals surface area (Å²) in [5.74, 6) is 0.946. The Morgan fingerprint density at radius 3 is 2.56 bits per heavy atom. The van der Waals surface area contributed by atoms with E-state index in [1.165, 1.54) is 0 Å². The average Bonchev–Trinajstić information content (AvgIpc) is 3.15. The number of pyridine rings is 1. The standard InChI is InChI=1S/C20H26N4O/c1-23(2)19-17(11-8-12-21-19)15-22-20(25)18(24-13-6-7-14-24)16-9-4-3-5-10-16/h3-5,8-12,18H,6-7,13-15H2,1-2H3,(H,22,25)/t18-/m1/s1. The fourth-order valence-corrected chi connectivity index (χ4v) is 3.41. The molecule has 0 bridgehead atoms. The Hall–Kier alpha value is -2.40. The molecule has 1 aromatic heterocycles. The van der Waals surface area contributed by atoms with Crippen molar-refractivity contribution in [1.29, 1.82) is 0 Å². The van der Waals surface area contributed by atoms with E-state index in [1.807, 2.05) is 61.5 Å². The van der Waals surface area contributed by atoms with Gasteiger partial charge in [-0.2, -0.15) is 0 Å². The van der Waals surface area contributed by atoms with Crippen molar-refractivity contribution < 1.29 is 4.79 Å². The minimum atomic E-state index is -0.219. The van der Waals surface area contributed by atoms with Gasteiger partial charge in [-0.3, -0.25) is 9.69 Å². The molecule has 0 spiro atoms. The van der Waals surface area contributed by atoms with Gasteiger partial charge in [0.15, 0.2) is 0 Å². The molecule has 0 aliphatic carbocycles. The van der Waals surface area contributed by atoms with Crippen molar-refractivity contribution in [3.63, 3.8) is 0 Å². The summed E-state index contributed by atoms with van der Waals surface area (Å²) in [4.78, 5) is 21.6. The topological polar surface area (TPSA) is 48.5 Å². The second kappa shape index (κ2) is 8.12. The van der Waals surface area contributed by atoms with E-state index in [4.69, 9.17) is 0 Å². The first-order chi connectivity index (χ1) is 12.2. The molecule has 25 heavy (non-hydrogen) atoms. The molecular weight excluding hydrogens is 312 g/mol. The summed E-state index contributed by atoms with van der Waals surface area (Å²) in [6.07, 6.45) is 4.09. The molecule has 0 unspecified atom stereocenters. The van der Waals surface area contributed by atoms with Crippen molar-refractivity contribution in [3.8, 4) is 0 Å². The molecule has 132 valence electrons. The van der Waals surface area contributed by atoms with E-state index in [1.54, 1.807) is 6.20 Å². The minimum Gasteiger partial charge on any atom is -0.362 e. The predicted octanol–water partition coefficient (Wildman–Crippen LogP) is 2.60. The number of amides is 1. The maximum absolute atomic E-state index is 13.0. The smallest absolute Gasteiger partial charge is 0.242 e. The third-order valence-electron chi connectivity index (χ3n) is 4.61. The van der Waals surface area contributed by atoms with Gasteiger partial charge in [0.2, 0.25) is 5.91 Å². The first-order valence-electron chi connectivity index (χ1n) is 8.85. The van der Waals surface area contributed by atoms with Gasteiger partial charge >= 0.3 is 0 Å². The highest BCUT2D eigenvalue weighted by atomic mass is 16.2. The molecular formula is C20H26N4O. The lowest BCUT2D eigenvalue weighted by atomic mass is 10.0. The number of benzene rings is 1. The van der Waals surface area contributed by atoms with Crippen LogP contribution in [0.2, 0.25) is 0 Å². The highest BCUT2D eigenvalue weighted by Gasteiger charge is 2.29. The highest BCUT2D eigenvalue weighted by molar-refractivity contribution is 5.83. The SMILES string of the molecule is CN(C)c1ncccc1CNC(=O)[C@@H](c1ccccc1)N1CCCC1. The van der Waals surface area contributed by atoms with Crippen molar-refractivity contribution in [1.82, 2.24) is 15.2 Å². The number of carbonyl (C=O) groups excluding carboxylic acids is 1. The van der Waals surface area contributed by atoms with E-state index >= 15 is 0 Å². The molecule has 3 rings (SSSR count). The second-order valence-electron chi connectivity index (χ2n) is 6.65. The molecule has 1 aliphatic rings. The van der Waals surface area contributed by atoms with Crippen LogP contribution in [-0.2, 0) is 11.3 Å². The average molecular weight is 338 g/mol. The number of aromatic nitrogens is 1. The number of likely N-dealkylation sites (tertiary alicyclic amines) is 1. The summed E-state index contributed by atoms with van der Waals surface area (Å²) < 4.78 is 0. The summed E-state index contributed by atoms with van der Waals surface area (Å²) in [5.41, 5.74) is 2.08. The Balaban J connectivity index is 1.75. The number of nitrogens with zero attached hydrogens (tertiary/aromatic N) is 3. The molecule has 1 amide bonds. The lowest BCUT2D eigenvalue weighted by molar-refractivity contribution is -0.126. The van der Waals surface area contributed by atoms with Crippen LogP contribution in [0.5, 0.6) is 0 Å². The Morgan fingerprint density at radius 1 is 1.16 bits per heavy atom. The Bertz CT molecular complexity index is 696. The van der Waals surface area contributed by atoms with Crippen LogP contribution >= 0.6 is 0 Å². The fraction of sp³-hybridized carbons (Fsp3) is 0.400. The van der Waals surface area contributed by atoms with Gasteiger partial charge in [0, 0.05) is 32.4 Å². The summed E-state index contributed by atoms with van der Waals surface area (Å²) in [6, 6.07) is 13.8. The normalized spacial score (nSPS) is 15.8. The van der Waals surface area contributed by atoms with Crippen LogP contribution in [0.4, 0.5) is 5.82 Å². The zero-order valence-electron chi connectivity index (χ0n) is 15.0. The van der Waals surface area contributed by atoms with Crippen molar-refractivity contribution >= 4 is 11.7 Å². The Morgan fingerprint density at radius 2 is 1.88 bits per heavy atom. The summed E-state index contributed by atoms with van der Waals surface area (Å²) >= 11 is 0. The monoisotopic (exact) mass is 338 g/mol. The van der Waals surface area contributed by atoms with Crippen LogP contribution in [-0.4, -0.2) is 43.0 Å². The largest absolute Gasteiger partial charge is 0.362 e. The number of anilines is 1. The quantitative estimate of drug-likeness (QED) is 0.879. The van der Waals surface area contributed by atoms with Crippen molar-refractivity contribution in [2.45, 2.75) is 25.4 Å². The van der Waals surface area contributed by atoms with Gasteiger partial charge < -0.3 is 10.2 Å². The molecule has 1 fully saturated rings. The number of carbonyl (C=O) groups is 1. The fourth-order valence-electron chi connectivity index (χ4n) is 3.41. The number of rotatable bonds is 6. The van der Waals surface area contributed by atoms with E-state index in [0.29, 0.717) is 6.54 Å². The van der Waals surface area contributed by atoms with Crippen LogP contribution in [0.25, 0.3) is 0 Å². The molecule has 2 heterocycles. The first kappa shape index (κ1) is 17.4. The Kier molecular flexibility index (Phi) is 5.66. The van der Waals surface area contributed by atoms with Crippen LogP contribution in [0.1, 0.15) is 30.0 Å². The van der Waals surface area contributed by atoms with Gasteiger partial charge in [-0.05, 0) is 37.6 Å². The van der Waals surface area contributed by atoms with Gasteiger partial charge in [-0.1, -0.05) is 36.4 Å². The summed E-state index contributed by atoms with van der Waals surface area (Å²) in [5, 5.41) is 3.12. The molecule has 0 saturated carbocycles. The highest BCUT2D eigenvalue weighted by Crippen LogP contribution is 2.25.